The molecular weight excluding hydrogens is 244 g/mol. The molecule has 1 aromatic heterocycles. The monoisotopic (exact) mass is 264 g/mol. The molecule has 1 aliphatic heterocycles. The van der Waals surface area contributed by atoms with Crippen molar-refractivity contribution in [2.45, 2.75) is 38.1 Å². The maximum absolute atomic E-state index is 11.2. The quantitative estimate of drug-likeness (QED) is 0.853. The summed E-state index contributed by atoms with van der Waals surface area (Å²) < 4.78 is 2.00. The average molecular weight is 264 g/mol. The van der Waals surface area contributed by atoms with Crippen molar-refractivity contribution in [1.82, 2.24) is 19.9 Å². The molecule has 1 saturated heterocycles. The molecule has 2 heterocycles. The number of hydrogen-bond donors (Lipinski definition) is 1. The van der Waals surface area contributed by atoms with E-state index >= 15 is 0 Å². The summed E-state index contributed by atoms with van der Waals surface area (Å²) in [5.41, 5.74) is 2.06. The van der Waals surface area contributed by atoms with Gasteiger partial charge in [0, 0.05) is 13.0 Å². The Balaban J connectivity index is 1.84. The van der Waals surface area contributed by atoms with E-state index < -0.39 is 5.97 Å². The molecule has 1 aliphatic carbocycles. The summed E-state index contributed by atoms with van der Waals surface area (Å²) in [5, 5.41) is 17.7. The Morgan fingerprint density at radius 3 is 3.00 bits per heavy atom. The molecule has 0 bridgehead atoms. The molecule has 104 valence electrons. The number of likely N-dealkylation sites (N-methyl/N-ethyl adjacent to an activating group) is 1. The number of hydrogen-bond acceptors (Lipinski definition) is 4. The molecule has 3 rings (SSSR count). The number of fused-ring (bicyclic) bond motifs is 1. The van der Waals surface area contributed by atoms with Crippen LogP contribution in [0.15, 0.2) is 0 Å². The Morgan fingerprint density at radius 1 is 1.42 bits per heavy atom. The molecule has 1 aromatic rings. The number of carboxylic acids is 1. The average Bonchev–Trinajstić information content (AvgIpc) is 2.81. The molecule has 0 spiro atoms. The number of piperidine rings is 1. The van der Waals surface area contributed by atoms with Crippen LogP contribution >= 0.6 is 0 Å². The summed E-state index contributed by atoms with van der Waals surface area (Å²) >= 11 is 0. The normalized spacial score (nSPS) is 28.1. The molecule has 2 atom stereocenters. The van der Waals surface area contributed by atoms with Crippen molar-refractivity contribution >= 4 is 5.97 Å². The molecule has 2 aliphatic rings. The minimum absolute atomic E-state index is 0.272. The molecule has 1 N–H and O–H groups in total. The summed E-state index contributed by atoms with van der Waals surface area (Å²) in [5.74, 6) is -0.967. The van der Waals surface area contributed by atoms with Crippen LogP contribution in [0.1, 0.15) is 36.7 Å². The third-order valence-electron chi connectivity index (χ3n) is 4.34. The Bertz CT molecular complexity index is 485. The van der Waals surface area contributed by atoms with Gasteiger partial charge in [-0.15, -0.1) is 5.10 Å². The van der Waals surface area contributed by atoms with E-state index in [1.54, 1.807) is 0 Å². The summed E-state index contributed by atoms with van der Waals surface area (Å²) in [4.78, 5) is 13.5. The third kappa shape index (κ3) is 2.36. The molecule has 6 nitrogen and oxygen atoms in total. The first-order chi connectivity index (χ1) is 9.15. The van der Waals surface area contributed by atoms with Gasteiger partial charge in [-0.25, -0.2) is 4.68 Å². The van der Waals surface area contributed by atoms with Crippen LogP contribution in [-0.4, -0.2) is 51.1 Å². The zero-order valence-corrected chi connectivity index (χ0v) is 11.2. The first-order valence-electron chi connectivity index (χ1n) is 6.99. The van der Waals surface area contributed by atoms with Gasteiger partial charge in [0.25, 0.3) is 0 Å². The highest BCUT2D eigenvalue weighted by Crippen LogP contribution is 2.28. The van der Waals surface area contributed by atoms with Crippen molar-refractivity contribution in [3.8, 4) is 0 Å². The van der Waals surface area contributed by atoms with Crippen molar-refractivity contribution < 1.29 is 9.90 Å². The molecule has 0 amide bonds. The lowest BCUT2D eigenvalue weighted by Gasteiger charge is -2.31. The largest absolute Gasteiger partial charge is 0.481 e. The SMILES string of the molecule is CN1CCC[C@H](n2nnc3c2C[C@H](C(=O)O)CC3)C1. The topological polar surface area (TPSA) is 71.2 Å². The number of rotatable bonds is 2. The summed E-state index contributed by atoms with van der Waals surface area (Å²) in [6, 6.07) is 0.350. The predicted molar refractivity (Wildman–Crippen MR) is 68.9 cm³/mol. The molecule has 0 unspecified atom stereocenters. The standard InChI is InChI=1S/C13H20N4O2/c1-16-6-2-3-10(8-16)17-12-7-9(13(18)19)4-5-11(12)14-15-17/h9-10H,2-8H2,1H3,(H,18,19)/t9-,10+/m1/s1. The van der Waals surface area contributed by atoms with Crippen molar-refractivity contribution in [3.05, 3.63) is 11.4 Å². The predicted octanol–water partition coefficient (Wildman–Crippen LogP) is 0.734. The highest BCUT2D eigenvalue weighted by atomic mass is 16.4. The smallest absolute Gasteiger partial charge is 0.306 e. The number of likely N-dealkylation sites (tertiary alicyclic amines) is 1. The lowest BCUT2D eigenvalue weighted by Crippen LogP contribution is -2.35. The van der Waals surface area contributed by atoms with Gasteiger partial charge in [0.05, 0.1) is 23.3 Å². The number of aliphatic carboxylic acids is 1. The summed E-state index contributed by atoms with van der Waals surface area (Å²) in [7, 11) is 2.12. The lowest BCUT2D eigenvalue weighted by molar-refractivity contribution is -0.142. The Hall–Kier alpha value is -1.43. The van der Waals surface area contributed by atoms with Gasteiger partial charge in [0.15, 0.2) is 0 Å². The van der Waals surface area contributed by atoms with Crippen molar-refractivity contribution in [2.24, 2.45) is 5.92 Å². The molecule has 19 heavy (non-hydrogen) atoms. The first kappa shape index (κ1) is 12.6. The van der Waals surface area contributed by atoms with E-state index in [0.717, 1.165) is 43.7 Å². The zero-order valence-electron chi connectivity index (χ0n) is 11.2. The second-order valence-electron chi connectivity index (χ2n) is 5.76. The van der Waals surface area contributed by atoms with E-state index in [4.69, 9.17) is 0 Å². The lowest BCUT2D eigenvalue weighted by atomic mass is 9.89. The van der Waals surface area contributed by atoms with Gasteiger partial charge in [-0.1, -0.05) is 5.21 Å². The van der Waals surface area contributed by atoms with E-state index in [1.807, 2.05) is 4.68 Å². The Labute approximate surface area is 112 Å². The number of carboxylic acid groups (broad SMARTS) is 1. The maximum atomic E-state index is 11.2. The summed E-state index contributed by atoms with van der Waals surface area (Å²) in [6.45, 7) is 2.11. The first-order valence-corrected chi connectivity index (χ1v) is 6.99. The van der Waals surface area contributed by atoms with E-state index in [1.165, 1.54) is 0 Å². The minimum atomic E-state index is -0.695. The van der Waals surface area contributed by atoms with Crippen LogP contribution < -0.4 is 0 Å². The van der Waals surface area contributed by atoms with E-state index in [2.05, 4.69) is 22.3 Å². The minimum Gasteiger partial charge on any atom is -0.481 e. The van der Waals surface area contributed by atoms with Crippen LogP contribution in [0.4, 0.5) is 0 Å². The number of aromatic nitrogens is 3. The van der Waals surface area contributed by atoms with E-state index in [9.17, 15) is 9.90 Å². The highest BCUT2D eigenvalue weighted by Gasteiger charge is 2.31. The molecule has 0 radical (unpaired) electrons. The van der Waals surface area contributed by atoms with Gasteiger partial charge in [-0.05, 0) is 39.3 Å². The van der Waals surface area contributed by atoms with Crippen LogP contribution in [0, 0.1) is 5.92 Å². The second kappa shape index (κ2) is 4.92. The number of carbonyl (C=O) groups is 1. The molecule has 0 aromatic carbocycles. The Morgan fingerprint density at radius 2 is 2.26 bits per heavy atom. The van der Waals surface area contributed by atoms with Gasteiger partial charge in [-0.3, -0.25) is 4.79 Å². The van der Waals surface area contributed by atoms with Gasteiger partial charge in [-0.2, -0.15) is 0 Å². The van der Waals surface area contributed by atoms with Crippen molar-refractivity contribution in [2.75, 3.05) is 20.1 Å². The molecule has 0 saturated carbocycles. The van der Waals surface area contributed by atoms with Crippen LogP contribution in [0.25, 0.3) is 0 Å². The van der Waals surface area contributed by atoms with E-state index in [0.29, 0.717) is 18.9 Å². The molecule has 6 heteroatoms. The second-order valence-corrected chi connectivity index (χ2v) is 5.76. The van der Waals surface area contributed by atoms with E-state index in [-0.39, 0.29) is 5.92 Å². The molecule has 1 fully saturated rings. The third-order valence-corrected chi connectivity index (χ3v) is 4.34. The summed E-state index contributed by atoms with van der Waals surface area (Å²) in [6.07, 6.45) is 4.29. The maximum Gasteiger partial charge on any atom is 0.306 e. The zero-order chi connectivity index (χ0) is 13.4. The van der Waals surface area contributed by atoms with Crippen LogP contribution in [0.3, 0.4) is 0 Å². The fourth-order valence-electron chi connectivity index (χ4n) is 3.24. The highest BCUT2D eigenvalue weighted by molar-refractivity contribution is 5.70. The number of nitrogens with zero attached hydrogens (tertiary/aromatic N) is 4. The molecular formula is C13H20N4O2. The van der Waals surface area contributed by atoms with Gasteiger partial charge in [0.1, 0.15) is 0 Å². The van der Waals surface area contributed by atoms with Crippen LogP contribution in [0.2, 0.25) is 0 Å². The van der Waals surface area contributed by atoms with Crippen LogP contribution in [-0.2, 0) is 17.6 Å². The van der Waals surface area contributed by atoms with Crippen molar-refractivity contribution in [1.29, 1.82) is 0 Å². The van der Waals surface area contributed by atoms with Crippen LogP contribution in [0.5, 0.6) is 0 Å². The number of aryl methyl sites for hydroxylation is 1. The van der Waals surface area contributed by atoms with Gasteiger partial charge < -0.3 is 10.0 Å². The fraction of sp³-hybridized carbons (Fsp3) is 0.769. The van der Waals surface area contributed by atoms with Gasteiger partial charge >= 0.3 is 5.97 Å². The Kier molecular flexibility index (Phi) is 3.26. The fourth-order valence-corrected chi connectivity index (χ4v) is 3.24. The van der Waals surface area contributed by atoms with Crippen molar-refractivity contribution in [3.63, 3.8) is 0 Å². The van der Waals surface area contributed by atoms with Gasteiger partial charge in [0.2, 0.25) is 0 Å².